The summed E-state index contributed by atoms with van der Waals surface area (Å²) in [6.07, 6.45) is 1.39. The molecule has 2 aromatic rings. The molecule has 0 bridgehead atoms. The molecule has 3 N–H and O–H groups in total. The molecule has 1 aliphatic carbocycles. The van der Waals surface area contributed by atoms with Crippen molar-refractivity contribution in [2.24, 2.45) is 0 Å². The Labute approximate surface area is 128 Å². The number of hydrogen-bond acceptors (Lipinski definition) is 2. The number of fused-ring (bicyclic) bond motifs is 1. The van der Waals surface area contributed by atoms with Crippen molar-refractivity contribution < 1.29 is 14.3 Å². The first-order valence-electron chi connectivity index (χ1n) is 7.18. The zero-order chi connectivity index (χ0) is 15.6. The lowest BCUT2D eigenvalue weighted by atomic mass is 9.96. The predicted molar refractivity (Wildman–Crippen MR) is 82.1 cm³/mol. The van der Waals surface area contributed by atoms with Crippen LogP contribution in [0.1, 0.15) is 17.5 Å². The summed E-state index contributed by atoms with van der Waals surface area (Å²) in [5, 5.41) is 16.0. The number of hydrogen-bond donors (Lipinski definition) is 3. The Kier molecular flexibility index (Phi) is 3.81. The number of rotatable bonds is 3. The minimum atomic E-state index is -1.03. The van der Waals surface area contributed by atoms with E-state index in [1.54, 1.807) is 0 Å². The van der Waals surface area contributed by atoms with E-state index in [0.29, 0.717) is 12.1 Å². The Morgan fingerprint density at radius 3 is 2.68 bits per heavy atom. The highest BCUT2D eigenvalue weighted by Crippen LogP contribution is 2.36. The normalized spacial score (nSPS) is 19.5. The maximum atomic E-state index is 12.8. The van der Waals surface area contributed by atoms with Gasteiger partial charge in [0.1, 0.15) is 11.4 Å². The molecule has 3 rings (SSSR count). The van der Waals surface area contributed by atoms with E-state index < -0.39 is 11.6 Å². The Balaban J connectivity index is 1.61. The van der Waals surface area contributed by atoms with Gasteiger partial charge in [0.05, 0.1) is 6.54 Å². The third-order valence-corrected chi connectivity index (χ3v) is 3.97. The molecule has 0 aromatic heterocycles. The molecule has 0 saturated carbocycles. The van der Waals surface area contributed by atoms with Gasteiger partial charge in [-0.15, -0.1) is 0 Å². The van der Waals surface area contributed by atoms with Crippen molar-refractivity contribution in [2.45, 2.75) is 18.4 Å². The molecule has 0 spiro atoms. The number of carbonyl (C=O) groups excluding carboxylic acids is 1. The summed E-state index contributed by atoms with van der Waals surface area (Å²) in [6, 6.07) is 12.8. The summed E-state index contributed by atoms with van der Waals surface area (Å²) >= 11 is 0. The first-order chi connectivity index (χ1) is 10.6. The minimum absolute atomic E-state index is 0.136. The zero-order valence-electron chi connectivity index (χ0n) is 12.0. The predicted octanol–water partition coefficient (Wildman–Crippen LogP) is 2.78. The Morgan fingerprint density at radius 1 is 1.18 bits per heavy atom. The van der Waals surface area contributed by atoms with Crippen molar-refractivity contribution in [2.75, 3.05) is 11.9 Å². The van der Waals surface area contributed by atoms with Crippen LogP contribution < -0.4 is 10.6 Å². The van der Waals surface area contributed by atoms with E-state index in [1.165, 1.54) is 24.3 Å². The molecule has 4 nitrogen and oxygen atoms in total. The lowest BCUT2D eigenvalue weighted by Crippen LogP contribution is -2.41. The van der Waals surface area contributed by atoms with Crippen LogP contribution in [0.15, 0.2) is 48.5 Å². The second kappa shape index (κ2) is 5.77. The topological polar surface area (TPSA) is 61.4 Å². The van der Waals surface area contributed by atoms with Gasteiger partial charge in [0, 0.05) is 5.69 Å². The van der Waals surface area contributed by atoms with Gasteiger partial charge in [0.25, 0.3) is 0 Å². The third-order valence-electron chi connectivity index (χ3n) is 3.97. The molecule has 22 heavy (non-hydrogen) atoms. The molecule has 2 amide bonds. The second-order valence-electron chi connectivity index (χ2n) is 5.50. The van der Waals surface area contributed by atoms with Crippen LogP contribution >= 0.6 is 0 Å². The highest BCUT2D eigenvalue weighted by atomic mass is 19.1. The fourth-order valence-corrected chi connectivity index (χ4v) is 2.79. The highest BCUT2D eigenvalue weighted by Gasteiger charge is 2.36. The number of nitrogens with one attached hydrogen (secondary N) is 2. The maximum Gasteiger partial charge on any atom is 0.319 e. The fraction of sp³-hybridized carbons (Fsp3) is 0.235. The molecular weight excluding hydrogens is 283 g/mol. The van der Waals surface area contributed by atoms with Gasteiger partial charge in [-0.25, -0.2) is 9.18 Å². The summed E-state index contributed by atoms with van der Waals surface area (Å²) in [7, 11) is 0. The van der Waals surface area contributed by atoms with Crippen LogP contribution in [-0.4, -0.2) is 17.7 Å². The van der Waals surface area contributed by atoms with Gasteiger partial charge in [-0.3, -0.25) is 0 Å². The van der Waals surface area contributed by atoms with Crippen molar-refractivity contribution >= 4 is 11.7 Å². The van der Waals surface area contributed by atoms with E-state index in [9.17, 15) is 14.3 Å². The van der Waals surface area contributed by atoms with Crippen molar-refractivity contribution in [1.82, 2.24) is 5.32 Å². The molecule has 0 aliphatic heterocycles. The van der Waals surface area contributed by atoms with E-state index in [4.69, 9.17) is 0 Å². The summed E-state index contributed by atoms with van der Waals surface area (Å²) in [5.41, 5.74) is 1.46. The number of urea groups is 1. The molecule has 1 aliphatic rings. The molecule has 0 heterocycles. The summed E-state index contributed by atoms with van der Waals surface area (Å²) in [6.45, 7) is 0.136. The minimum Gasteiger partial charge on any atom is -0.383 e. The average molecular weight is 300 g/mol. The highest BCUT2D eigenvalue weighted by molar-refractivity contribution is 5.89. The fourth-order valence-electron chi connectivity index (χ4n) is 2.79. The number of halogens is 1. The van der Waals surface area contributed by atoms with Crippen LogP contribution in [0.25, 0.3) is 0 Å². The van der Waals surface area contributed by atoms with Crippen LogP contribution in [0.5, 0.6) is 0 Å². The second-order valence-corrected chi connectivity index (χ2v) is 5.50. The van der Waals surface area contributed by atoms with Crippen LogP contribution in [0, 0.1) is 5.82 Å². The molecule has 0 radical (unpaired) electrons. The van der Waals surface area contributed by atoms with Gasteiger partial charge in [0.2, 0.25) is 0 Å². The van der Waals surface area contributed by atoms with Gasteiger partial charge in [-0.1, -0.05) is 24.3 Å². The molecule has 114 valence electrons. The standard InChI is InChI=1S/C17H17FN2O2/c18-13-5-7-14(8-6-13)20-16(21)19-11-17(22)10-9-12-3-1-2-4-15(12)17/h1-8,22H,9-11H2,(H2,19,20,21). The largest absolute Gasteiger partial charge is 0.383 e. The zero-order valence-corrected chi connectivity index (χ0v) is 12.0. The monoisotopic (exact) mass is 300 g/mol. The molecular formula is C17H17FN2O2. The van der Waals surface area contributed by atoms with Gasteiger partial charge in [-0.2, -0.15) is 0 Å². The Morgan fingerprint density at radius 2 is 1.91 bits per heavy atom. The number of aliphatic hydroxyl groups is 1. The van der Waals surface area contributed by atoms with E-state index in [0.717, 1.165) is 17.5 Å². The molecule has 0 saturated heterocycles. The van der Waals surface area contributed by atoms with Crippen LogP contribution in [0.4, 0.5) is 14.9 Å². The molecule has 2 aromatic carbocycles. The van der Waals surface area contributed by atoms with Crippen molar-refractivity contribution in [3.8, 4) is 0 Å². The lowest BCUT2D eigenvalue weighted by Gasteiger charge is -2.24. The van der Waals surface area contributed by atoms with E-state index in [1.807, 2.05) is 24.3 Å². The average Bonchev–Trinajstić information content (AvgIpc) is 2.86. The van der Waals surface area contributed by atoms with E-state index in [2.05, 4.69) is 10.6 Å². The van der Waals surface area contributed by atoms with Crippen LogP contribution in [0.3, 0.4) is 0 Å². The molecule has 1 unspecified atom stereocenters. The molecule has 1 atom stereocenters. The Hall–Kier alpha value is -2.40. The summed E-state index contributed by atoms with van der Waals surface area (Å²) in [5.74, 6) is -0.358. The lowest BCUT2D eigenvalue weighted by molar-refractivity contribution is 0.0417. The SMILES string of the molecule is O=C(NCC1(O)CCc2ccccc21)Nc1ccc(F)cc1. The van der Waals surface area contributed by atoms with Crippen molar-refractivity contribution in [3.05, 3.63) is 65.5 Å². The quantitative estimate of drug-likeness (QED) is 0.816. The van der Waals surface area contributed by atoms with Gasteiger partial charge < -0.3 is 15.7 Å². The third kappa shape index (κ3) is 2.94. The first-order valence-corrected chi connectivity index (χ1v) is 7.18. The Bertz CT molecular complexity index is 687. The van der Waals surface area contributed by atoms with Crippen molar-refractivity contribution in [3.63, 3.8) is 0 Å². The number of anilines is 1. The van der Waals surface area contributed by atoms with Crippen LogP contribution in [0.2, 0.25) is 0 Å². The van der Waals surface area contributed by atoms with E-state index in [-0.39, 0.29) is 12.4 Å². The number of amides is 2. The summed E-state index contributed by atoms with van der Waals surface area (Å²) in [4.78, 5) is 11.9. The summed E-state index contributed by atoms with van der Waals surface area (Å²) < 4.78 is 12.8. The maximum absolute atomic E-state index is 12.8. The van der Waals surface area contributed by atoms with Crippen molar-refractivity contribution in [1.29, 1.82) is 0 Å². The molecule has 0 fully saturated rings. The van der Waals surface area contributed by atoms with Gasteiger partial charge in [0.15, 0.2) is 0 Å². The number of benzene rings is 2. The smallest absolute Gasteiger partial charge is 0.319 e. The van der Waals surface area contributed by atoms with Crippen LogP contribution in [-0.2, 0) is 12.0 Å². The van der Waals surface area contributed by atoms with Gasteiger partial charge >= 0.3 is 6.03 Å². The van der Waals surface area contributed by atoms with Gasteiger partial charge in [-0.05, 0) is 48.2 Å². The van der Waals surface area contributed by atoms with E-state index >= 15 is 0 Å². The molecule has 5 heteroatoms. The number of carbonyl (C=O) groups is 1. The number of aryl methyl sites for hydroxylation is 1. The first kappa shape index (κ1) is 14.5.